The summed E-state index contributed by atoms with van der Waals surface area (Å²) in [5, 5.41) is 0. The van der Waals surface area contributed by atoms with Gasteiger partial charge in [0.1, 0.15) is 5.82 Å². The first-order chi connectivity index (χ1) is 8.99. The van der Waals surface area contributed by atoms with Gasteiger partial charge >= 0.3 is 0 Å². The summed E-state index contributed by atoms with van der Waals surface area (Å²) < 4.78 is 26.9. The number of hydrogen-bond donors (Lipinski definition) is 0. The zero-order chi connectivity index (χ0) is 14.0. The lowest BCUT2D eigenvalue weighted by Crippen LogP contribution is -2.11. The van der Waals surface area contributed by atoms with Gasteiger partial charge in [0.15, 0.2) is 5.78 Å². The Bertz CT molecular complexity index is 655. The van der Waals surface area contributed by atoms with E-state index in [2.05, 4.69) is 31.9 Å². The Morgan fingerprint density at radius 2 is 2.00 bits per heavy atom. The number of Topliss-reactive ketones (excluding diaryl/α,β-unsaturated/α-hetero) is 1. The first-order valence-electron chi connectivity index (χ1n) is 5.10. The van der Waals surface area contributed by atoms with E-state index in [9.17, 15) is 13.4 Å². The molecular weight excluding hydrogens is 419 g/mol. The van der Waals surface area contributed by atoms with E-state index in [-0.39, 0.29) is 16.4 Å². The van der Waals surface area contributed by atoms with E-state index in [1.165, 1.54) is 29.5 Å². The smallest absolute Gasteiger partial charge is 0.177 e. The molecule has 2 aromatic rings. The van der Waals surface area contributed by atoms with Crippen molar-refractivity contribution in [2.24, 2.45) is 0 Å². The molecule has 2 rings (SSSR count). The Morgan fingerprint density at radius 1 is 1.32 bits per heavy atom. The number of hydrogen-bond acceptors (Lipinski definition) is 3. The van der Waals surface area contributed by atoms with Gasteiger partial charge in [0.2, 0.25) is 0 Å². The summed E-state index contributed by atoms with van der Waals surface area (Å²) in [5.74, 6) is -1.07. The van der Waals surface area contributed by atoms with Crippen molar-refractivity contribution >= 4 is 59.8 Å². The molecule has 0 saturated carbocycles. The van der Waals surface area contributed by atoms with Crippen molar-refractivity contribution in [2.45, 2.75) is 4.90 Å². The molecule has 0 spiro atoms. The van der Waals surface area contributed by atoms with Crippen LogP contribution < -0.4 is 0 Å². The molecule has 7 heteroatoms. The standard InChI is InChI=1S/C12H7Br2FO2S2/c13-11-5-7(12(14)18-11)9(16)6-19(17)10-4-2-1-3-8(10)15/h1-5H,6H2. The molecule has 0 amide bonds. The molecule has 0 aliphatic heterocycles. The van der Waals surface area contributed by atoms with Gasteiger partial charge in [-0.25, -0.2) is 4.39 Å². The van der Waals surface area contributed by atoms with Gasteiger partial charge in [-0.15, -0.1) is 11.3 Å². The predicted molar refractivity (Wildman–Crippen MR) is 81.7 cm³/mol. The fourth-order valence-electron chi connectivity index (χ4n) is 1.43. The van der Waals surface area contributed by atoms with E-state index >= 15 is 0 Å². The van der Waals surface area contributed by atoms with E-state index in [1.807, 2.05) is 0 Å². The van der Waals surface area contributed by atoms with Gasteiger partial charge in [-0.2, -0.15) is 0 Å². The maximum Gasteiger partial charge on any atom is 0.177 e. The Labute approximate surface area is 132 Å². The van der Waals surface area contributed by atoms with Crippen LogP contribution in [-0.4, -0.2) is 15.7 Å². The van der Waals surface area contributed by atoms with Crippen LogP contribution in [0.4, 0.5) is 4.39 Å². The molecule has 0 fully saturated rings. The minimum atomic E-state index is -1.68. The molecule has 2 nitrogen and oxygen atoms in total. The molecule has 100 valence electrons. The molecule has 19 heavy (non-hydrogen) atoms. The minimum Gasteiger partial charge on any atom is -0.293 e. The average Bonchev–Trinajstić information content (AvgIpc) is 2.69. The zero-order valence-electron chi connectivity index (χ0n) is 9.36. The fraction of sp³-hybridized carbons (Fsp3) is 0.0833. The van der Waals surface area contributed by atoms with Crippen LogP contribution in [0.25, 0.3) is 0 Å². The second kappa shape index (κ2) is 6.39. The third-order valence-corrected chi connectivity index (χ3v) is 5.99. The van der Waals surface area contributed by atoms with E-state index in [4.69, 9.17) is 0 Å². The van der Waals surface area contributed by atoms with Gasteiger partial charge in [0, 0.05) is 5.56 Å². The highest BCUT2D eigenvalue weighted by Gasteiger charge is 2.18. The van der Waals surface area contributed by atoms with Crippen LogP contribution in [0, 0.1) is 5.82 Å². The molecule has 0 bridgehead atoms. The van der Waals surface area contributed by atoms with Crippen molar-refractivity contribution in [2.75, 3.05) is 5.75 Å². The predicted octanol–water partition coefficient (Wildman–Crippen LogP) is 4.40. The highest BCUT2D eigenvalue weighted by atomic mass is 79.9. The van der Waals surface area contributed by atoms with Crippen LogP contribution in [0.5, 0.6) is 0 Å². The molecule has 0 saturated heterocycles. The van der Waals surface area contributed by atoms with Gasteiger partial charge in [0.25, 0.3) is 0 Å². The highest BCUT2D eigenvalue weighted by Crippen LogP contribution is 2.32. The van der Waals surface area contributed by atoms with Crippen LogP contribution in [0.2, 0.25) is 0 Å². The molecule has 1 heterocycles. The van der Waals surface area contributed by atoms with Crippen molar-refractivity contribution in [1.82, 2.24) is 0 Å². The summed E-state index contributed by atoms with van der Waals surface area (Å²) in [6, 6.07) is 7.43. The van der Waals surface area contributed by atoms with Crippen molar-refractivity contribution in [3.63, 3.8) is 0 Å². The number of rotatable bonds is 4. The van der Waals surface area contributed by atoms with Gasteiger partial charge in [-0.1, -0.05) is 12.1 Å². The minimum absolute atomic E-state index is 0.0567. The zero-order valence-corrected chi connectivity index (χ0v) is 14.2. The monoisotopic (exact) mass is 424 g/mol. The summed E-state index contributed by atoms with van der Waals surface area (Å²) in [7, 11) is -1.68. The van der Waals surface area contributed by atoms with Crippen molar-refractivity contribution in [1.29, 1.82) is 0 Å². The lowest BCUT2D eigenvalue weighted by atomic mass is 10.2. The van der Waals surface area contributed by atoms with E-state index in [1.54, 1.807) is 12.1 Å². The molecular formula is C12H7Br2FO2S2. The molecule has 1 unspecified atom stereocenters. The lowest BCUT2D eigenvalue weighted by molar-refractivity contribution is 0.102. The molecule has 0 radical (unpaired) electrons. The Kier molecular flexibility index (Phi) is 5.05. The second-order valence-corrected chi connectivity index (χ2v) is 8.75. The van der Waals surface area contributed by atoms with E-state index in [0.717, 1.165) is 3.79 Å². The van der Waals surface area contributed by atoms with E-state index in [0.29, 0.717) is 9.35 Å². The summed E-state index contributed by atoms with van der Waals surface area (Å²) in [6.07, 6.45) is 0. The first-order valence-corrected chi connectivity index (χ1v) is 8.82. The van der Waals surface area contributed by atoms with E-state index < -0.39 is 16.6 Å². The van der Waals surface area contributed by atoms with Gasteiger partial charge in [0.05, 0.1) is 29.0 Å². The number of ketones is 1. The summed E-state index contributed by atoms with van der Waals surface area (Å²) >= 11 is 7.91. The van der Waals surface area contributed by atoms with Crippen molar-refractivity contribution in [3.05, 3.63) is 49.3 Å². The normalized spacial score (nSPS) is 12.4. The number of carbonyl (C=O) groups excluding carboxylic acids is 1. The maximum absolute atomic E-state index is 13.5. The van der Waals surface area contributed by atoms with Crippen molar-refractivity contribution in [3.8, 4) is 0 Å². The summed E-state index contributed by atoms with van der Waals surface area (Å²) in [4.78, 5) is 12.1. The Balaban J connectivity index is 2.18. The topological polar surface area (TPSA) is 34.1 Å². The number of benzene rings is 1. The Morgan fingerprint density at radius 3 is 2.58 bits per heavy atom. The first kappa shape index (κ1) is 15.0. The lowest BCUT2D eigenvalue weighted by Gasteiger charge is -2.02. The molecule has 1 atom stereocenters. The highest BCUT2D eigenvalue weighted by molar-refractivity contribution is 9.12. The maximum atomic E-state index is 13.5. The van der Waals surface area contributed by atoms with Crippen LogP contribution in [0.15, 0.2) is 42.8 Å². The van der Waals surface area contributed by atoms with Crippen LogP contribution in [0.1, 0.15) is 10.4 Å². The van der Waals surface area contributed by atoms with Crippen LogP contribution in [-0.2, 0) is 10.8 Å². The quantitative estimate of drug-likeness (QED) is 0.680. The molecule has 1 aromatic heterocycles. The van der Waals surface area contributed by atoms with Gasteiger partial charge < -0.3 is 0 Å². The SMILES string of the molecule is O=C(CS(=O)c1ccccc1F)c1cc(Br)sc1Br. The second-order valence-electron chi connectivity index (χ2n) is 3.58. The summed E-state index contributed by atoms with van der Waals surface area (Å²) in [6.45, 7) is 0. The fourth-order valence-corrected chi connectivity index (χ4v) is 5.35. The summed E-state index contributed by atoms with van der Waals surface area (Å²) in [5.41, 5.74) is 0.460. The third-order valence-electron chi connectivity index (χ3n) is 2.30. The van der Waals surface area contributed by atoms with Crippen molar-refractivity contribution < 1.29 is 13.4 Å². The third kappa shape index (κ3) is 3.59. The number of carbonyl (C=O) groups is 1. The largest absolute Gasteiger partial charge is 0.293 e. The van der Waals surface area contributed by atoms with Crippen LogP contribution >= 0.6 is 43.2 Å². The molecule has 0 aliphatic carbocycles. The average molecular weight is 426 g/mol. The molecule has 0 aliphatic rings. The van der Waals surface area contributed by atoms with Gasteiger partial charge in [-0.05, 0) is 50.1 Å². The Hall–Kier alpha value is -0.370. The van der Waals surface area contributed by atoms with Gasteiger partial charge in [-0.3, -0.25) is 9.00 Å². The number of thiophene rings is 1. The molecule has 0 N–H and O–H groups in total. The number of halogens is 3. The molecule has 1 aromatic carbocycles. The van der Waals surface area contributed by atoms with Crippen LogP contribution in [0.3, 0.4) is 0 Å².